The highest BCUT2D eigenvalue weighted by Crippen LogP contribution is 2.25. The lowest BCUT2D eigenvalue weighted by Gasteiger charge is -2.33. The molecule has 2 heterocycles. The highest BCUT2D eigenvalue weighted by molar-refractivity contribution is 7.15. The number of aromatic carboxylic acids is 1. The molecular formula is C18H19NO4S. The third kappa shape index (κ3) is 3.49. The van der Waals surface area contributed by atoms with Gasteiger partial charge in [0.1, 0.15) is 11.0 Å². The van der Waals surface area contributed by atoms with Crippen molar-refractivity contribution in [3.63, 3.8) is 0 Å². The second-order valence-corrected chi connectivity index (χ2v) is 6.76. The van der Waals surface area contributed by atoms with Gasteiger partial charge in [-0.05, 0) is 29.7 Å². The lowest BCUT2D eigenvalue weighted by Crippen LogP contribution is -2.42. The molecule has 1 atom stereocenters. The Hall–Kier alpha value is -2.18. The third-order valence-electron chi connectivity index (χ3n) is 4.14. The molecule has 1 amide bonds. The first-order chi connectivity index (χ1) is 11.6. The Morgan fingerprint density at radius 1 is 1.21 bits per heavy atom. The smallest absolute Gasteiger partial charge is 0.345 e. The number of carbonyl (C=O) groups excluding carboxylic acids is 1. The van der Waals surface area contributed by atoms with Crippen molar-refractivity contribution in [3.05, 3.63) is 57.3 Å². The zero-order valence-corrected chi connectivity index (χ0v) is 14.2. The molecule has 1 saturated heterocycles. The van der Waals surface area contributed by atoms with E-state index in [2.05, 4.69) is 19.1 Å². The molecular weight excluding hydrogens is 326 g/mol. The molecule has 1 unspecified atom stereocenters. The molecule has 5 nitrogen and oxygen atoms in total. The van der Waals surface area contributed by atoms with Crippen molar-refractivity contribution in [2.24, 2.45) is 0 Å². The van der Waals surface area contributed by atoms with E-state index in [0.717, 1.165) is 23.3 Å². The second kappa shape index (κ2) is 7.15. The molecule has 1 aliphatic heterocycles. The summed E-state index contributed by atoms with van der Waals surface area (Å²) < 4.78 is 5.81. The number of amides is 1. The zero-order chi connectivity index (χ0) is 17.1. The number of carboxylic acid groups (broad SMARTS) is 1. The van der Waals surface area contributed by atoms with E-state index in [0.29, 0.717) is 24.6 Å². The fraction of sp³-hybridized carbons (Fsp3) is 0.333. The van der Waals surface area contributed by atoms with Crippen LogP contribution in [0.2, 0.25) is 0 Å². The summed E-state index contributed by atoms with van der Waals surface area (Å²) in [7, 11) is 0. The Morgan fingerprint density at radius 3 is 2.54 bits per heavy atom. The quantitative estimate of drug-likeness (QED) is 0.924. The first-order valence-electron chi connectivity index (χ1n) is 7.91. The third-order valence-corrected chi connectivity index (χ3v) is 5.20. The Labute approximate surface area is 144 Å². The van der Waals surface area contributed by atoms with Gasteiger partial charge in [-0.15, -0.1) is 11.3 Å². The SMILES string of the molecule is CCc1ccc(C2CN(C(=O)c3ccc(C(=O)O)s3)CCO2)cc1. The minimum Gasteiger partial charge on any atom is -0.477 e. The summed E-state index contributed by atoms with van der Waals surface area (Å²) in [5.41, 5.74) is 2.32. The average Bonchev–Trinajstić information content (AvgIpc) is 3.12. The van der Waals surface area contributed by atoms with Gasteiger partial charge in [-0.25, -0.2) is 4.79 Å². The molecule has 0 bridgehead atoms. The molecule has 3 rings (SSSR count). The number of hydrogen-bond donors (Lipinski definition) is 1. The van der Waals surface area contributed by atoms with E-state index in [1.165, 1.54) is 11.6 Å². The van der Waals surface area contributed by atoms with Crippen LogP contribution in [-0.4, -0.2) is 41.6 Å². The zero-order valence-electron chi connectivity index (χ0n) is 13.4. The fourth-order valence-electron chi connectivity index (χ4n) is 2.73. The molecule has 1 N–H and O–H groups in total. The first-order valence-corrected chi connectivity index (χ1v) is 8.73. The summed E-state index contributed by atoms with van der Waals surface area (Å²) in [6, 6.07) is 11.3. The summed E-state index contributed by atoms with van der Waals surface area (Å²) in [6.07, 6.45) is 0.841. The predicted molar refractivity (Wildman–Crippen MR) is 91.7 cm³/mol. The predicted octanol–water partition coefficient (Wildman–Crippen LogP) is 3.22. The summed E-state index contributed by atoms with van der Waals surface area (Å²) in [4.78, 5) is 25.9. The Bertz CT molecular complexity index is 738. The van der Waals surface area contributed by atoms with Crippen LogP contribution < -0.4 is 0 Å². The molecule has 6 heteroatoms. The molecule has 1 aliphatic rings. The van der Waals surface area contributed by atoms with Crippen LogP contribution in [0.25, 0.3) is 0 Å². The van der Waals surface area contributed by atoms with Gasteiger partial charge in [0.05, 0.1) is 18.0 Å². The minimum absolute atomic E-state index is 0.133. The van der Waals surface area contributed by atoms with Gasteiger partial charge in [-0.3, -0.25) is 4.79 Å². The number of ether oxygens (including phenoxy) is 1. The molecule has 1 aromatic heterocycles. The van der Waals surface area contributed by atoms with E-state index in [4.69, 9.17) is 9.84 Å². The lowest BCUT2D eigenvalue weighted by atomic mass is 10.0. The van der Waals surface area contributed by atoms with Crippen LogP contribution in [-0.2, 0) is 11.2 Å². The van der Waals surface area contributed by atoms with E-state index in [1.54, 1.807) is 11.0 Å². The van der Waals surface area contributed by atoms with E-state index >= 15 is 0 Å². The largest absolute Gasteiger partial charge is 0.477 e. The summed E-state index contributed by atoms with van der Waals surface area (Å²) in [5.74, 6) is -1.14. The van der Waals surface area contributed by atoms with Crippen molar-refractivity contribution in [3.8, 4) is 0 Å². The molecule has 1 aromatic carbocycles. The van der Waals surface area contributed by atoms with Crippen molar-refractivity contribution >= 4 is 23.2 Å². The Balaban J connectivity index is 1.71. The average molecular weight is 345 g/mol. The normalized spacial score (nSPS) is 17.7. The highest BCUT2D eigenvalue weighted by atomic mass is 32.1. The molecule has 1 fully saturated rings. The molecule has 2 aromatic rings. The van der Waals surface area contributed by atoms with Gasteiger partial charge in [0.25, 0.3) is 5.91 Å². The molecule has 0 radical (unpaired) electrons. The van der Waals surface area contributed by atoms with Crippen molar-refractivity contribution in [1.29, 1.82) is 0 Å². The second-order valence-electron chi connectivity index (χ2n) is 5.67. The van der Waals surface area contributed by atoms with Crippen LogP contribution in [0, 0.1) is 0 Å². The van der Waals surface area contributed by atoms with Gasteiger partial charge in [-0.2, -0.15) is 0 Å². The van der Waals surface area contributed by atoms with Crippen LogP contribution in [0.4, 0.5) is 0 Å². The number of thiophene rings is 1. The number of nitrogens with zero attached hydrogens (tertiary/aromatic N) is 1. The lowest BCUT2D eigenvalue weighted by molar-refractivity contribution is -0.0226. The van der Waals surface area contributed by atoms with Crippen LogP contribution in [0.1, 0.15) is 43.5 Å². The topological polar surface area (TPSA) is 66.8 Å². The Morgan fingerprint density at radius 2 is 1.92 bits per heavy atom. The van der Waals surface area contributed by atoms with Gasteiger partial charge in [0.15, 0.2) is 0 Å². The number of carboxylic acids is 1. The van der Waals surface area contributed by atoms with E-state index in [-0.39, 0.29) is 16.9 Å². The van der Waals surface area contributed by atoms with Crippen molar-refractivity contribution in [2.45, 2.75) is 19.4 Å². The number of benzene rings is 1. The van der Waals surface area contributed by atoms with E-state index < -0.39 is 5.97 Å². The minimum atomic E-state index is -1.00. The van der Waals surface area contributed by atoms with Gasteiger partial charge >= 0.3 is 5.97 Å². The van der Waals surface area contributed by atoms with Crippen molar-refractivity contribution < 1.29 is 19.4 Å². The van der Waals surface area contributed by atoms with Gasteiger partial charge in [0.2, 0.25) is 0 Å². The number of aryl methyl sites for hydroxylation is 1. The van der Waals surface area contributed by atoms with Gasteiger partial charge in [0, 0.05) is 6.54 Å². The summed E-state index contributed by atoms with van der Waals surface area (Å²) in [5, 5.41) is 8.99. The maximum atomic E-state index is 12.6. The van der Waals surface area contributed by atoms with Crippen molar-refractivity contribution in [2.75, 3.05) is 19.7 Å². The van der Waals surface area contributed by atoms with E-state index in [9.17, 15) is 9.59 Å². The molecule has 24 heavy (non-hydrogen) atoms. The van der Waals surface area contributed by atoms with Crippen LogP contribution in [0.3, 0.4) is 0 Å². The van der Waals surface area contributed by atoms with Gasteiger partial charge in [-0.1, -0.05) is 31.2 Å². The van der Waals surface area contributed by atoms with Crippen LogP contribution in [0.15, 0.2) is 36.4 Å². The maximum Gasteiger partial charge on any atom is 0.345 e. The number of hydrogen-bond acceptors (Lipinski definition) is 4. The monoisotopic (exact) mass is 345 g/mol. The molecule has 0 spiro atoms. The fourth-order valence-corrected chi connectivity index (χ4v) is 3.54. The first kappa shape index (κ1) is 16.7. The van der Waals surface area contributed by atoms with Crippen molar-refractivity contribution in [1.82, 2.24) is 4.90 Å². The highest BCUT2D eigenvalue weighted by Gasteiger charge is 2.27. The number of rotatable bonds is 4. The number of carbonyl (C=O) groups is 2. The van der Waals surface area contributed by atoms with Crippen LogP contribution >= 0.6 is 11.3 Å². The molecule has 126 valence electrons. The van der Waals surface area contributed by atoms with E-state index in [1.807, 2.05) is 12.1 Å². The molecule has 0 aliphatic carbocycles. The maximum absolute atomic E-state index is 12.6. The van der Waals surface area contributed by atoms with Crippen LogP contribution in [0.5, 0.6) is 0 Å². The number of morpholine rings is 1. The molecule has 0 saturated carbocycles. The summed E-state index contributed by atoms with van der Waals surface area (Å²) in [6.45, 7) is 3.58. The standard InChI is InChI=1S/C18H19NO4S/c1-2-12-3-5-13(6-4-12)14-11-19(9-10-23-14)17(20)15-7-8-16(24-15)18(21)22/h3-8,14H,2,9-11H2,1H3,(H,21,22). The summed E-state index contributed by atoms with van der Waals surface area (Å²) >= 11 is 1.01. The van der Waals surface area contributed by atoms with Gasteiger partial charge < -0.3 is 14.7 Å². The Kier molecular flexibility index (Phi) is 4.97.